The highest BCUT2D eigenvalue weighted by atomic mass is 19.1. The minimum atomic E-state index is -2.01. The van der Waals surface area contributed by atoms with Gasteiger partial charge in [0.1, 0.15) is 11.6 Å². The van der Waals surface area contributed by atoms with Crippen molar-refractivity contribution in [3.63, 3.8) is 0 Å². The Hall–Kier alpha value is -3.97. The number of Topliss-reactive ketones (excluding diaryl/α,β-unsaturated/α-hetero) is 1. The molecule has 37 heavy (non-hydrogen) atoms. The lowest BCUT2D eigenvalue weighted by atomic mass is 9.74. The standard InChI is InChI=1S/C30H25FN2O4/c31-16-13-14-24(34)20(15-16)26-25-27(17-7-1-2-8-18(17)28(25)35)32-22-11-5-6-12-23(22)33-29(36)19-9-3-4-10-21(19)30(26,33)37/h1-4,7-10,13-15,22-23,26,32,34,37H,5-6,11-12H2. The molecule has 7 heteroatoms. The smallest absolute Gasteiger partial charge is 0.257 e. The molecule has 1 amide bonds. The van der Waals surface area contributed by atoms with E-state index >= 15 is 0 Å². The van der Waals surface area contributed by atoms with Crippen LogP contribution in [-0.2, 0) is 5.72 Å². The summed E-state index contributed by atoms with van der Waals surface area (Å²) in [6.07, 6.45) is 3.27. The van der Waals surface area contributed by atoms with Crippen LogP contribution in [0.4, 0.5) is 4.39 Å². The van der Waals surface area contributed by atoms with Crippen LogP contribution in [0.15, 0.2) is 72.3 Å². The Morgan fingerprint density at radius 1 is 0.919 bits per heavy atom. The number of hydrogen-bond acceptors (Lipinski definition) is 5. The number of fused-ring (bicyclic) bond motifs is 7. The largest absolute Gasteiger partial charge is 0.508 e. The van der Waals surface area contributed by atoms with E-state index < -0.39 is 17.5 Å². The van der Waals surface area contributed by atoms with Gasteiger partial charge in [0.25, 0.3) is 5.91 Å². The van der Waals surface area contributed by atoms with Crippen LogP contribution in [0.1, 0.15) is 69.0 Å². The summed E-state index contributed by atoms with van der Waals surface area (Å²) in [5.41, 5.74) is 0.739. The molecule has 3 aromatic rings. The van der Waals surface area contributed by atoms with Crippen LogP contribution in [0, 0.1) is 5.82 Å². The van der Waals surface area contributed by atoms with Crippen LogP contribution in [0.2, 0.25) is 0 Å². The molecule has 2 aliphatic heterocycles. The number of nitrogens with one attached hydrogen (secondary N) is 1. The van der Waals surface area contributed by atoms with Gasteiger partial charge in [0.05, 0.1) is 17.7 Å². The van der Waals surface area contributed by atoms with Gasteiger partial charge in [0.15, 0.2) is 11.5 Å². The molecule has 0 spiro atoms. The number of phenolic OH excluding ortho intramolecular Hbond substituents is 1. The summed E-state index contributed by atoms with van der Waals surface area (Å²) in [5.74, 6) is -2.75. The number of carbonyl (C=O) groups excluding carboxylic acids is 2. The lowest BCUT2D eigenvalue weighted by molar-refractivity contribution is -0.124. The van der Waals surface area contributed by atoms with Crippen LogP contribution >= 0.6 is 0 Å². The zero-order valence-electron chi connectivity index (χ0n) is 19.9. The molecule has 2 heterocycles. The number of phenols is 1. The first-order chi connectivity index (χ1) is 17.9. The number of benzene rings is 3. The summed E-state index contributed by atoms with van der Waals surface area (Å²) in [6, 6.07) is 17.0. The Morgan fingerprint density at radius 3 is 2.43 bits per heavy atom. The van der Waals surface area contributed by atoms with Crippen molar-refractivity contribution in [1.29, 1.82) is 0 Å². The Labute approximate surface area is 213 Å². The zero-order valence-corrected chi connectivity index (χ0v) is 19.9. The van der Waals surface area contributed by atoms with Crippen molar-refractivity contribution in [2.45, 2.75) is 49.4 Å². The molecule has 1 saturated carbocycles. The summed E-state index contributed by atoms with van der Waals surface area (Å²) < 4.78 is 14.7. The fraction of sp³-hybridized carbons (Fsp3) is 0.267. The first kappa shape index (κ1) is 22.2. The highest BCUT2D eigenvalue weighted by Gasteiger charge is 2.61. The predicted octanol–water partition coefficient (Wildman–Crippen LogP) is 4.44. The number of ketones is 1. The summed E-state index contributed by atoms with van der Waals surface area (Å²) in [6.45, 7) is 0. The van der Waals surface area contributed by atoms with Gasteiger partial charge in [-0.3, -0.25) is 9.59 Å². The highest BCUT2D eigenvalue weighted by molar-refractivity contribution is 6.21. The van der Waals surface area contributed by atoms with Crippen molar-refractivity contribution < 1.29 is 24.2 Å². The molecule has 6 nitrogen and oxygen atoms in total. The monoisotopic (exact) mass is 496 g/mol. The quantitative estimate of drug-likeness (QED) is 0.464. The Kier molecular flexibility index (Phi) is 4.67. The first-order valence-corrected chi connectivity index (χ1v) is 12.7. The van der Waals surface area contributed by atoms with Gasteiger partial charge in [-0.05, 0) is 37.1 Å². The van der Waals surface area contributed by atoms with E-state index in [9.17, 15) is 24.2 Å². The normalized spacial score (nSPS) is 27.9. The van der Waals surface area contributed by atoms with E-state index in [2.05, 4.69) is 5.32 Å². The predicted molar refractivity (Wildman–Crippen MR) is 134 cm³/mol. The number of carbonyl (C=O) groups is 2. The van der Waals surface area contributed by atoms with Crippen molar-refractivity contribution in [3.05, 3.63) is 106 Å². The van der Waals surface area contributed by atoms with Crippen LogP contribution in [-0.4, -0.2) is 38.9 Å². The lowest BCUT2D eigenvalue weighted by Gasteiger charge is -2.50. The van der Waals surface area contributed by atoms with Crippen LogP contribution in [0.25, 0.3) is 5.70 Å². The molecule has 1 fully saturated rings. The fourth-order valence-electron chi connectivity index (χ4n) is 6.94. The van der Waals surface area contributed by atoms with Gasteiger partial charge >= 0.3 is 0 Å². The molecule has 7 rings (SSSR count). The van der Waals surface area contributed by atoms with E-state index in [1.54, 1.807) is 36.4 Å². The molecule has 186 valence electrons. The molecule has 4 unspecified atom stereocenters. The molecule has 0 radical (unpaired) electrons. The van der Waals surface area contributed by atoms with Crippen molar-refractivity contribution in [2.24, 2.45) is 0 Å². The van der Waals surface area contributed by atoms with Gasteiger partial charge in [-0.15, -0.1) is 0 Å². The van der Waals surface area contributed by atoms with Crippen molar-refractivity contribution in [1.82, 2.24) is 10.2 Å². The summed E-state index contributed by atoms with van der Waals surface area (Å²) in [7, 11) is 0. The number of nitrogens with zero attached hydrogens (tertiary/aromatic N) is 1. The fourth-order valence-corrected chi connectivity index (χ4v) is 6.94. The third-order valence-corrected chi connectivity index (χ3v) is 8.48. The second kappa shape index (κ2) is 7.76. The summed E-state index contributed by atoms with van der Waals surface area (Å²) in [4.78, 5) is 29.6. The maximum absolute atomic E-state index is 14.7. The van der Waals surface area contributed by atoms with Gasteiger partial charge in [0, 0.05) is 39.4 Å². The van der Waals surface area contributed by atoms with Crippen molar-refractivity contribution in [2.75, 3.05) is 0 Å². The molecule has 0 bridgehead atoms. The van der Waals surface area contributed by atoms with Crippen LogP contribution in [0.5, 0.6) is 5.75 Å². The topological polar surface area (TPSA) is 89.9 Å². The number of rotatable bonds is 1. The maximum atomic E-state index is 14.7. The van der Waals surface area contributed by atoms with E-state index in [0.717, 1.165) is 31.4 Å². The van der Waals surface area contributed by atoms with Crippen molar-refractivity contribution in [3.8, 4) is 5.75 Å². The average molecular weight is 497 g/mol. The van der Waals surface area contributed by atoms with Crippen LogP contribution in [0.3, 0.4) is 0 Å². The van der Waals surface area contributed by atoms with Crippen LogP contribution < -0.4 is 5.32 Å². The zero-order chi connectivity index (χ0) is 25.5. The highest BCUT2D eigenvalue weighted by Crippen LogP contribution is 2.57. The second-order valence-corrected chi connectivity index (χ2v) is 10.3. The van der Waals surface area contributed by atoms with E-state index in [-0.39, 0.29) is 40.7 Å². The molecule has 3 N–H and O–H groups in total. The summed E-state index contributed by atoms with van der Waals surface area (Å²) in [5, 5.41) is 27.5. The SMILES string of the molecule is O=C1C2=C(NC3CCCCC3N3C(=O)c4ccccc4C3(O)C2c2cc(F)ccc2O)c2ccccc21. The van der Waals surface area contributed by atoms with Gasteiger partial charge in [-0.2, -0.15) is 0 Å². The molecule has 3 aromatic carbocycles. The molecule has 2 aliphatic carbocycles. The number of amides is 1. The number of aliphatic hydroxyl groups is 1. The minimum Gasteiger partial charge on any atom is -0.508 e. The van der Waals surface area contributed by atoms with E-state index in [0.29, 0.717) is 34.4 Å². The molecule has 4 aliphatic rings. The third-order valence-electron chi connectivity index (χ3n) is 8.48. The van der Waals surface area contributed by atoms with Gasteiger partial charge in [0.2, 0.25) is 0 Å². The Balaban J connectivity index is 1.61. The minimum absolute atomic E-state index is 0.0571. The van der Waals surface area contributed by atoms with E-state index in [4.69, 9.17) is 0 Å². The number of aromatic hydroxyl groups is 1. The number of halogens is 1. The third kappa shape index (κ3) is 2.89. The average Bonchev–Trinajstić information content (AvgIpc) is 3.30. The van der Waals surface area contributed by atoms with Gasteiger partial charge in [-0.25, -0.2) is 4.39 Å². The second-order valence-electron chi connectivity index (χ2n) is 10.3. The van der Waals surface area contributed by atoms with E-state index in [1.165, 1.54) is 11.0 Å². The maximum Gasteiger partial charge on any atom is 0.257 e. The molecular formula is C30H25FN2O4. The molecule has 0 saturated heterocycles. The lowest BCUT2D eigenvalue weighted by Crippen LogP contribution is -2.61. The summed E-state index contributed by atoms with van der Waals surface area (Å²) >= 11 is 0. The number of hydrogen-bond donors (Lipinski definition) is 3. The van der Waals surface area contributed by atoms with Crippen molar-refractivity contribution >= 4 is 17.4 Å². The Morgan fingerprint density at radius 2 is 1.62 bits per heavy atom. The van der Waals surface area contributed by atoms with E-state index in [1.807, 2.05) is 12.1 Å². The Bertz CT molecular complexity index is 1530. The van der Waals surface area contributed by atoms with Gasteiger partial charge < -0.3 is 20.4 Å². The molecular weight excluding hydrogens is 471 g/mol. The molecule has 0 aromatic heterocycles. The molecule has 4 atom stereocenters. The van der Waals surface area contributed by atoms with Gasteiger partial charge in [-0.1, -0.05) is 55.3 Å². The first-order valence-electron chi connectivity index (χ1n) is 12.7.